The third-order valence-corrected chi connectivity index (χ3v) is 5.35. The number of aromatic nitrogens is 1. The minimum absolute atomic E-state index is 0. The van der Waals surface area contributed by atoms with Gasteiger partial charge in [0.05, 0.1) is 16.1 Å². The molecule has 0 atom stereocenters. The molecule has 0 unspecified atom stereocenters. The summed E-state index contributed by atoms with van der Waals surface area (Å²) in [5.41, 5.74) is 3.28. The number of thioether (sulfide) groups is 1. The fourth-order valence-corrected chi connectivity index (χ4v) is 3.99. The number of fused-ring (bicyclic) bond motifs is 2. The zero-order valence-corrected chi connectivity index (χ0v) is 16.3. The van der Waals surface area contributed by atoms with Crippen LogP contribution in [0.4, 0.5) is 10.1 Å². The molecule has 0 aliphatic carbocycles. The molecular weight excluding hydrogens is 434 g/mol. The zero-order chi connectivity index (χ0) is 16.0. The van der Waals surface area contributed by atoms with Crippen LogP contribution in [0.1, 0.15) is 5.56 Å². The standard InChI is InChI=1S/C19H16FN2S.HI/c1-21-10-9-13(15-5-3-4-6-16(15)21)11-19-22(2)17-12-14(20)7-8-18(17)23-19;/h3-12H,1-2H3;1H/q+1;/p-1. The lowest BCUT2D eigenvalue weighted by Gasteiger charge is -2.13. The second-order valence-electron chi connectivity index (χ2n) is 5.65. The summed E-state index contributed by atoms with van der Waals surface area (Å²) in [6.45, 7) is 0. The monoisotopic (exact) mass is 450 g/mol. The van der Waals surface area contributed by atoms with Gasteiger partial charge in [-0.25, -0.2) is 8.96 Å². The lowest BCUT2D eigenvalue weighted by molar-refractivity contribution is -0.644. The fraction of sp³-hybridized carbons (Fsp3) is 0.105. The number of para-hydroxylation sites is 1. The molecule has 0 saturated heterocycles. The van der Waals surface area contributed by atoms with E-state index in [-0.39, 0.29) is 29.8 Å². The van der Waals surface area contributed by atoms with Gasteiger partial charge in [0.15, 0.2) is 6.20 Å². The molecule has 2 heterocycles. The van der Waals surface area contributed by atoms with Gasteiger partial charge in [0.2, 0.25) is 5.52 Å². The van der Waals surface area contributed by atoms with E-state index in [2.05, 4.69) is 41.1 Å². The van der Waals surface area contributed by atoms with E-state index in [0.29, 0.717) is 0 Å². The first-order valence-corrected chi connectivity index (χ1v) is 8.25. The van der Waals surface area contributed by atoms with Crippen molar-refractivity contribution in [3.63, 3.8) is 0 Å². The molecule has 5 heteroatoms. The Balaban J connectivity index is 0.00000169. The number of nitrogens with zero attached hydrogens (tertiary/aromatic N) is 2. The molecule has 0 spiro atoms. The minimum atomic E-state index is -0.199. The molecule has 1 aliphatic heterocycles. The van der Waals surface area contributed by atoms with E-state index < -0.39 is 0 Å². The normalized spacial score (nSPS) is 14.8. The van der Waals surface area contributed by atoms with E-state index in [9.17, 15) is 4.39 Å². The maximum absolute atomic E-state index is 13.5. The second kappa shape index (κ2) is 6.72. The van der Waals surface area contributed by atoms with Gasteiger partial charge < -0.3 is 28.9 Å². The van der Waals surface area contributed by atoms with Crippen molar-refractivity contribution in [3.8, 4) is 0 Å². The molecule has 24 heavy (non-hydrogen) atoms. The molecule has 2 nitrogen and oxygen atoms in total. The van der Waals surface area contributed by atoms with E-state index in [0.717, 1.165) is 15.6 Å². The Labute approximate surface area is 162 Å². The Morgan fingerprint density at radius 3 is 2.75 bits per heavy atom. The third-order valence-electron chi connectivity index (χ3n) is 4.18. The van der Waals surface area contributed by atoms with Crippen LogP contribution in [0.3, 0.4) is 0 Å². The first-order valence-electron chi connectivity index (χ1n) is 7.44. The molecule has 0 fully saturated rings. The summed E-state index contributed by atoms with van der Waals surface area (Å²) in [4.78, 5) is 3.14. The van der Waals surface area contributed by atoms with Crippen LogP contribution in [-0.4, -0.2) is 7.05 Å². The van der Waals surface area contributed by atoms with Crippen molar-refractivity contribution in [2.75, 3.05) is 11.9 Å². The number of halogens is 2. The van der Waals surface area contributed by atoms with Crippen LogP contribution >= 0.6 is 11.8 Å². The first kappa shape index (κ1) is 17.2. The van der Waals surface area contributed by atoms with Crippen LogP contribution in [0, 0.1) is 5.82 Å². The number of pyridine rings is 1. The Kier molecular flexibility index (Phi) is 4.83. The van der Waals surface area contributed by atoms with Gasteiger partial charge >= 0.3 is 0 Å². The molecular formula is C19H16FIN2S. The SMILES string of the molecule is CN1/C(=C/c2cc[n+](C)c3ccccc23)Sc2ccc(F)cc21.[I-]. The molecule has 3 aromatic rings. The fourth-order valence-electron chi connectivity index (χ4n) is 2.91. The van der Waals surface area contributed by atoms with Gasteiger partial charge in [-0.15, -0.1) is 0 Å². The van der Waals surface area contributed by atoms with Crippen molar-refractivity contribution in [2.24, 2.45) is 7.05 Å². The van der Waals surface area contributed by atoms with Gasteiger partial charge in [-0.2, -0.15) is 0 Å². The summed E-state index contributed by atoms with van der Waals surface area (Å²) in [5.74, 6) is -0.199. The van der Waals surface area contributed by atoms with E-state index >= 15 is 0 Å². The summed E-state index contributed by atoms with van der Waals surface area (Å²) in [5, 5.41) is 2.31. The molecule has 4 rings (SSSR count). The van der Waals surface area contributed by atoms with Crippen molar-refractivity contribution in [2.45, 2.75) is 4.90 Å². The average molecular weight is 450 g/mol. The van der Waals surface area contributed by atoms with Gasteiger partial charge in [-0.3, -0.25) is 0 Å². The van der Waals surface area contributed by atoms with E-state index in [4.69, 9.17) is 0 Å². The van der Waals surface area contributed by atoms with Crippen molar-refractivity contribution in [1.29, 1.82) is 0 Å². The highest BCUT2D eigenvalue weighted by molar-refractivity contribution is 8.03. The van der Waals surface area contributed by atoms with Crippen molar-refractivity contribution in [3.05, 3.63) is 71.1 Å². The summed E-state index contributed by atoms with van der Waals surface area (Å²) in [6, 6.07) is 15.4. The van der Waals surface area contributed by atoms with Crippen molar-refractivity contribution < 1.29 is 32.9 Å². The molecule has 122 valence electrons. The highest BCUT2D eigenvalue weighted by Crippen LogP contribution is 2.46. The van der Waals surface area contributed by atoms with E-state index in [1.807, 2.05) is 31.1 Å². The summed E-state index contributed by atoms with van der Waals surface area (Å²) < 4.78 is 15.6. The Hall–Kier alpha value is -1.60. The molecule has 0 N–H and O–H groups in total. The van der Waals surface area contributed by atoms with Gasteiger partial charge in [0, 0.05) is 24.1 Å². The largest absolute Gasteiger partial charge is 1.00 e. The number of benzene rings is 2. The van der Waals surface area contributed by atoms with Crippen LogP contribution in [0.25, 0.3) is 17.0 Å². The van der Waals surface area contributed by atoms with Gasteiger partial charge in [0.1, 0.15) is 12.9 Å². The Morgan fingerprint density at radius 1 is 1.12 bits per heavy atom. The molecule has 0 radical (unpaired) electrons. The number of anilines is 1. The maximum Gasteiger partial charge on any atom is 0.212 e. The smallest absolute Gasteiger partial charge is 0.212 e. The molecule has 0 bridgehead atoms. The lowest BCUT2D eigenvalue weighted by Crippen LogP contribution is -3.00. The molecule has 0 amide bonds. The number of hydrogen-bond donors (Lipinski definition) is 0. The summed E-state index contributed by atoms with van der Waals surface area (Å²) in [6.07, 6.45) is 4.24. The summed E-state index contributed by atoms with van der Waals surface area (Å²) in [7, 11) is 4.03. The first-order chi connectivity index (χ1) is 11.1. The number of rotatable bonds is 1. The maximum atomic E-state index is 13.5. The molecule has 1 aliphatic rings. The van der Waals surface area contributed by atoms with Crippen LogP contribution < -0.4 is 33.4 Å². The average Bonchev–Trinajstić information content (AvgIpc) is 2.86. The second-order valence-corrected chi connectivity index (χ2v) is 6.72. The predicted molar refractivity (Wildman–Crippen MR) is 93.8 cm³/mol. The van der Waals surface area contributed by atoms with Gasteiger partial charge in [-0.1, -0.05) is 23.9 Å². The molecule has 0 saturated carbocycles. The topological polar surface area (TPSA) is 7.12 Å². The van der Waals surface area contributed by atoms with Crippen molar-refractivity contribution >= 4 is 34.4 Å². The van der Waals surface area contributed by atoms with Crippen molar-refractivity contribution in [1.82, 2.24) is 0 Å². The minimum Gasteiger partial charge on any atom is -1.00 e. The van der Waals surface area contributed by atoms with Gasteiger partial charge in [-0.05, 0) is 35.9 Å². The number of aryl methyl sites for hydroxylation is 1. The molecule has 1 aromatic heterocycles. The highest BCUT2D eigenvalue weighted by Gasteiger charge is 2.23. The van der Waals surface area contributed by atoms with Crippen LogP contribution in [-0.2, 0) is 7.05 Å². The van der Waals surface area contributed by atoms with Crippen LogP contribution in [0.15, 0.2) is 64.7 Å². The lowest BCUT2D eigenvalue weighted by atomic mass is 10.1. The predicted octanol–water partition coefficient (Wildman–Crippen LogP) is 1.35. The van der Waals surface area contributed by atoms with Gasteiger partial charge in [0.25, 0.3) is 0 Å². The van der Waals surface area contributed by atoms with E-state index in [1.165, 1.54) is 22.5 Å². The zero-order valence-electron chi connectivity index (χ0n) is 13.3. The molecule has 2 aromatic carbocycles. The quantitative estimate of drug-likeness (QED) is 0.409. The number of hydrogen-bond acceptors (Lipinski definition) is 2. The Bertz CT molecular complexity index is 955. The Morgan fingerprint density at radius 2 is 1.92 bits per heavy atom. The summed E-state index contributed by atoms with van der Waals surface area (Å²) >= 11 is 1.67. The highest BCUT2D eigenvalue weighted by atomic mass is 127. The van der Waals surface area contributed by atoms with E-state index in [1.54, 1.807) is 17.8 Å². The third kappa shape index (κ3) is 2.91. The van der Waals surface area contributed by atoms with Crippen LogP contribution in [0.2, 0.25) is 0 Å². The van der Waals surface area contributed by atoms with Crippen LogP contribution in [0.5, 0.6) is 0 Å².